The van der Waals surface area contributed by atoms with Crippen LogP contribution in [-0.2, 0) is 4.74 Å². The fourth-order valence-corrected chi connectivity index (χ4v) is 0.486. The molecule has 48 valence electrons. The van der Waals surface area contributed by atoms with Crippen molar-refractivity contribution < 1.29 is 10.1 Å². The van der Waals surface area contributed by atoms with Crippen LogP contribution in [0.3, 0.4) is 0 Å². The molecule has 0 unspecified atom stereocenters. The van der Waals surface area contributed by atoms with Gasteiger partial charge in [-0.25, -0.2) is 5.41 Å². The molecule has 0 fully saturated rings. The first-order chi connectivity index (χ1) is 3.66. The van der Waals surface area contributed by atoms with Gasteiger partial charge in [-0.15, -0.1) is 0 Å². The lowest BCUT2D eigenvalue weighted by molar-refractivity contribution is -0.141. The Labute approximate surface area is 50.4 Å². The zero-order valence-electron chi connectivity index (χ0n) is 5.77. The lowest BCUT2D eigenvalue weighted by Gasteiger charge is -1.98. The van der Waals surface area contributed by atoms with E-state index in [4.69, 9.17) is 10.1 Å². The predicted molar refractivity (Wildman–Crippen MR) is 33.4 cm³/mol. The summed E-state index contributed by atoms with van der Waals surface area (Å²) in [5.41, 5.74) is 0. The number of nitrogens with two attached hydrogens (primary N) is 1. The molecule has 0 saturated heterocycles. The van der Waals surface area contributed by atoms with E-state index >= 15 is 0 Å². The minimum absolute atomic E-state index is 0.593. The maximum absolute atomic E-state index is 5.37. The zero-order chi connectivity index (χ0) is 6.57. The highest BCUT2D eigenvalue weighted by molar-refractivity contribution is 5.69. The van der Waals surface area contributed by atoms with Crippen molar-refractivity contribution in [3.8, 4) is 0 Å². The molecule has 0 saturated carbocycles. The van der Waals surface area contributed by atoms with Crippen LogP contribution < -0.4 is 5.41 Å². The molecule has 0 rings (SSSR count). The Morgan fingerprint density at radius 2 is 2.12 bits per heavy atom. The number of hydrogen-bond donors (Lipinski definition) is 1. The lowest BCUT2D eigenvalue weighted by atomic mass is 10.1. The quantitative estimate of drug-likeness (QED) is 0.395. The number of ether oxygens (including phenoxy) is 1. The summed E-state index contributed by atoms with van der Waals surface area (Å²) >= 11 is 0. The smallest absolute Gasteiger partial charge is 0.332 e. The molecule has 0 aromatic rings. The number of hydrogen-bond acceptors (Lipinski definition) is 1. The second-order valence-corrected chi connectivity index (χ2v) is 2.27. The molecule has 0 radical (unpaired) electrons. The molecule has 2 nitrogen and oxygen atoms in total. The standard InChI is InChI=1S/C6H13NO/c1-5(2)4-6(7)8-3/h5,7H,4H2,1-3H3/p+1. The van der Waals surface area contributed by atoms with E-state index in [0.29, 0.717) is 11.8 Å². The van der Waals surface area contributed by atoms with Gasteiger partial charge in [-0.05, 0) is 5.92 Å². The van der Waals surface area contributed by atoms with E-state index < -0.39 is 0 Å². The van der Waals surface area contributed by atoms with Gasteiger partial charge in [0.2, 0.25) is 0 Å². The van der Waals surface area contributed by atoms with E-state index in [1.807, 2.05) is 0 Å². The summed E-state index contributed by atoms with van der Waals surface area (Å²) in [5, 5.41) is 5.37. The Morgan fingerprint density at radius 3 is 2.25 bits per heavy atom. The van der Waals surface area contributed by atoms with Gasteiger partial charge in [-0.2, -0.15) is 0 Å². The molecule has 0 aromatic heterocycles. The molecule has 0 amide bonds. The third-order valence-corrected chi connectivity index (χ3v) is 0.872. The van der Waals surface area contributed by atoms with Crippen molar-refractivity contribution in [2.24, 2.45) is 5.92 Å². The van der Waals surface area contributed by atoms with E-state index in [-0.39, 0.29) is 0 Å². The molecule has 2 N–H and O–H groups in total. The normalized spacial score (nSPS) is 9.50. The molecule has 0 atom stereocenters. The maximum Gasteiger partial charge on any atom is 0.332 e. The van der Waals surface area contributed by atoms with Crippen molar-refractivity contribution in [3.63, 3.8) is 0 Å². The largest absolute Gasteiger partial charge is 0.451 e. The van der Waals surface area contributed by atoms with Gasteiger partial charge in [0.05, 0.1) is 13.5 Å². The van der Waals surface area contributed by atoms with Crippen LogP contribution >= 0.6 is 0 Å². The third kappa shape index (κ3) is 3.65. The summed E-state index contributed by atoms with van der Waals surface area (Å²) in [5.74, 6) is 1.22. The molecule has 0 spiro atoms. The van der Waals surface area contributed by atoms with Crippen molar-refractivity contribution in [1.82, 2.24) is 0 Å². The Hall–Kier alpha value is -0.530. The average Bonchev–Trinajstić information content (AvgIpc) is 1.65. The van der Waals surface area contributed by atoms with Gasteiger partial charge in [0, 0.05) is 0 Å². The maximum atomic E-state index is 5.37. The average molecular weight is 116 g/mol. The van der Waals surface area contributed by atoms with Crippen LogP contribution in [0.4, 0.5) is 0 Å². The lowest BCUT2D eigenvalue weighted by Crippen LogP contribution is -2.41. The highest BCUT2D eigenvalue weighted by atomic mass is 16.5. The van der Waals surface area contributed by atoms with Gasteiger partial charge < -0.3 is 4.74 Å². The van der Waals surface area contributed by atoms with Crippen LogP contribution in [0.5, 0.6) is 0 Å². The van der Waals surface area contributed by atoms with Gasteiger partial charge in [-0.3, -0.25) is 0 Å². The summed E-state index contributed by atoms with van der Waals surface area (Å²) in [6.07, 6.45) is 0.858. The van der Waals surface area contributed by atoms with Gasteiger partial charge in [0.1, 0.15) is 0 Å². The van der Waals surface area contributed by atoms with E-state index in [9.17, 15) is 0 Å². The van der Waals surface area contributed by atoms with Crippen molar-refractivity contribution in [3.05, 3.63) is 0 Å². The zero-order valence-corrected chi connectivity index (χ0v) is 5.77. The topological polar surface area (TPSA) is 34.8 Å². The van der Waals surface area contributed by atoms with E-state index in [2.05, 4.69) is 13.8 Å². The SMILES string of the molecule is COC(=[NH2+])CC(C)C. The van der Waals surface area contributed by atoms with Crippen molar-refractivity contribution in [2.45, 2.75) is 20.3 Å². The van der Waals surface area contributed by atoms with Crippen molar-refractivity contribution in [2.75, 3.05) is 7.11 Å². The third-order valence-electron chi connectivity index (χ3n) is 0.872. The highest BCUT2D eigenvalue weighted by Gasteiger charge is 2.03. The summed E-state index contributed by atoms with van der Waals surface area (Å²) in [6.45, 7) is 4.21. The van der Waals surface area contributed by atoms with Crippen LogP contribution in [0.15, 0.2) is 0 Å². The minimum Gasteiger partial charge on any atom is -0.451 e. The molecule has 0 aliphatic heterocycles. The van der Waals surface area contributed by atoms with Gasteiger partial charge in [-0.1, -0.05) is 13.8 Å². The van der Waals surface area contributed by atoms with Crippen molar-refractivity contribution >= 4 is 5.90 Å². The summed E-state index contributed by atoms with van der Waals surface area (Å²) in [7, 11) is 1.59. The molecule has 0 bridgehead atoms. The Balaban J connectivity index is 3.25. The number of rotatable bonds is 2. The van der Waals surface area contributed by atoms with E-state index in [0.717, 1.165) is 6.42 Å². The Kier molecular flexibility index (Phi) is 3.24. The van der Waals surface area contributed by atoms with Gasteiger partial charge in [0.15, 0.2) is 0 Å². The monoisotopic (exact) mass is 116 g/mol. The molecule has 0 aromatic carbocycles. The molecule has 0 aliphatic rings. The number of methoxy groups -OCH3 is 1. The van der Waals surface area contributed by atoms with E-state index in [1.54, 1.807) is 7.11 Å². The fourth-order valence-electron chi connectivity index (χ4n) is 0.486. The molecule has 8 heavy (non-hydrogen) atoms. The molecule has 0 heterocycles. The second-order valence-electron chi connectivity index (χ2n) is 2.27. The molecular weight excluding hydrogens is 102 g/mol. The van der Waals surface area contributed by atoms with Crippen LogP contribution in [-0.4, -0.2) is 13.0 Å². The Morgan fingerprint density at radius 1 is 1.62 bits per heavy atom. The van der Waals surface area contributed by atoms with Crippen LogP contribution in [0.1, 0.15) is 20.3 Å². The molecule has 0 aliphatic carbocycles. The second kappa shape index (κ2) is 3.47. The fraction of sp³-hybridized carbons (Fsp3) is 0.833. The van der Waals surface area contributed by atoms with Gasteiger partial charge >= 0.3 is 5.90 Å². The predicted octanol–water partition coefficient (Wildman–Crippen LogP) is -0.164. The molecular formula is C6H14NO+. The van der Waals surface area contributed by atoms with Crippen LogP contribution in [0, 0.1) is 5.92 Å². The highest BCUT2D eigenvalue weighted by Crippen LogP contribution is 1.97. The first-order valence-electron chi connectivity index (χ1n) is 2.82. The minimum atomic E-state index is 0.593. The molecule has 2 heteroatoms. The first-order valence-corrected chi connectivity index (χ1v) is 2.82. The Bertz CT molecular complexity index is 78.6. The van der Waals surface area contributed by atoms with Gasteiger partial charge in [0.25, 0.3) is 0 Å². The van der Waals surface area contributed by atoms with Crippen LogP contribution in [0.2, 0.25) is 0 Å². The van der Waals surface area contributed by atoms with Crippen molar-refractivity contribution in [1.29, 1.82) is 0 Å². The van der Waals surface area contributed by atoms with E-state index in [1.165, 1.54) is 0 Å². The summed E-state index contributed by atoms with van der Waals surface area (Å²) < 4.78 is 4.76. The van der Waals surface area contributed by atoms with Crippen LogP contribution in [0.25, 0.3) is 0 Å². The first kappa shape index (κ1) is 7.47. The summed E-state index contributed by atoms with van der Waals surface area (Å²) in [4.78, 5) is 0. The summed E-state index contributed by atoms with van der Waals surface area (Å²) in [6, 6.07) is 0.